The Labute approximate surface area is 100 Å². The van der Waals surface area contributed by atoms with Crippen molar-refractivity contribution < 1.29 is 8.42 Å². The summed E-state index contributed by atoms with van der Waals surface area (Å²) in [7, 11) is -3.00. The van der Waals surface area contributed by atoms with Crippen LogP contribution in [0.15, 0.2) is 0 Å². The van der Waals surface area contributed by atoms with Crippen LogP contribution in [-0.2, 0) is 10.0 Å². The lowest BCUT2D eigenvalue weighted by Crippen LogP contribution is -2.46. The maximum atomic E-state index is 12.1. The van der Waals surface area contributed by atoms with E-state index in [0.717, 1.165) is 25.7 Å². The second-order valence-electron chi connectivity index (χ2n) is 4.82. The van der Waals surface area contributed by atoms with Gasteiger partial charge in [-0.2, -0.15) is 4.31 Å². The Balaban J connectivity index is 2.05. The quantitative estimate of drug-likeness (QED) is 0.747. The monoisotopic (exact) mass is 295 g/mol. The van der Waals surface area contributed by atoms with E-state index in [-0.39, 0.29) is 6.04 Å². The Morgan fingerprint density at radius 3 is 2.53 bits per heavy atom. The van der Waals surface area contributed by atoms with Gasteiger partial charge >= 0.3 is 0 Å². The van der Waals surface area contributed by atoms with E-state index in [1.165, 1.54) is 0 Å². The topological polar surface area (TPSA) is 37.4 Å². The standard InChI is InChI=1S/C10H18BrNO2S/c1-8-2-5-10(11)6-12(8)15(13,14)7-9-3-4-9/h8-10H,2-7H2,1H3. The van der Waals surface area contributed by atoms with E-state index < -0.39 is 10.0 Å². The lowest BCUT2D eigenvalue weighted by atomic mass is 10.1. The summed E-state index contributed by atoms with van der Waals surface area (Å²) in [6.07, 6.45) is 4.24. The van der Waals surface area contributed by atoms with Gasteiger partial charge in [0, 0.05) is 17.4 Å². The van der Waals surface area contributed by atoms with Crippen LogP contribution in [0.2, 0.25) is 0 Å². The normalized spacial score (nSPS) is 34.3. The first-order valence-electron chi connectivity index (χ1n) is 5.62. The van der Waals surface area contributed by atoms with Crippen molar-refractivity contribution in [1.29, 1.82) is 0 Å². The molecule has 1 aliphatic carbocycles. The molecule has 0 amide bonds. The van der Waals surface area contributed by atoms with Gasteiger partial charge in [-0.1, -0.05) is 15.9 Å². The van der Waals surface area contributed by atoms with Gasteiger partial charge < -0.3 is 0 Å². The second-order valence-corrected chi connectivity index (χ2v) is 8.08. The Kier molecular flexibility index (Phi) is 3.43. The largest absolute Gasteiger partial charge is 0.214 e. The summed E-state index contributed by atoms with van der Waals surface area (Å²) in [5, 5.41) is 0. The fraction of sp³-hybridized carbons (Fsp3) is 1.00. The molecule has 15 heavy (non-hydrogen) atoms. The van der Waals surface area contributed by atoms with Gasteiger partial charge in [0.15, 0.2) is 0 Å². The molecule has 2 fully saturated rings. The Bertz CT molecular complexity index is 326. The van der Waals surface area contributed by atoms with Crippen molar-refractivity contribution in [2.24, 2.45) is 5.92 Å². The zero-order valence-corrected chi connectivity index (χ0v) is 11.4. The lowest BCUT2D eigenvalue weighted by molar-refractivity contribution is 0.276. The molecule has 0 N–H and O–H groups in total. The number of sulfonamides is 1. The zero-order chi connectivity index (χ0) is 11.1. The van der Waals surface area contributed by atoms with Crippen LogP contribution in [0.4, 0.5) is 0 Å². The molecule has 2 unspecified atom stereocenters. The Morgan fingerprint density at radius 1 is 1.27 bits per heavy atom. The average molecular weight is 296 g/mol. The molecular weight excluding hydrogens is 278 g/mol. The van der Waals surface area contributed by atoms with Gasteiger partial charge in [0.2, 0.25) is 10.0 Å². The van der Waals surface area contributed by atoms with Crippen LogP contribution >= 0.6 is 15.9 Å². The molecule has 0 aromatic rings. The maximum absolute atomic E-state index is 12.1. The van der Waals surface area contributed by atoms with Gasteiger partial charge in [-0.15, -0.1) is 0 Å². The van der Waals surface area contributed by atoms with Crippen LogP contribution in [0.1, 0.15) is 32.6 Å². The van der Waals surface area contributed by atoms with E-state index in [0.29, 0.717) is 23.0 Å². The predicted octanol–water partition coefficient (Wildman–Crippen LogP) is 1.97. The molecule has 0 aromatic heterocycles. The maximum Gasteiger partial charge on any atom is 0.214 e. The van der Waals surface area contributed by atoms with E-state index in [2.05, 4.69) is 15.9 Å². The van der Waals surface area contributed by atoms with Crippen molar-refractivity contribution in [1.82, 2.24) is 4.31 Å². The first kappa shape index (κ1) is 11.9. The average Bonchev–Trinajstić information content (AvgIpc) is 2.92. The lowest BCUT2D eigenvalue weighted by Gasteiger charge is -2.34. The van der Waals surface area contributed by atoms with Crippen LogP contribution in [0.25, 0.3) is 0 Å². The van der Waals surface area contributed by atoms with E-state index in [9.17, 15) is 8.42 Å². The fourth-order valence-electron chi connectivity index (χ4n) is 2.10. The molecule has 88 valence electrons. The number of hydrogen-bond donors (Lipinski definition) is 0. The summed E-state index contributed by atoms with van der Waals surface area (Å²) in [6, 6.07) is 0.183. The second kappa shape index (κ2) is 4.34. The molecule has 0 radical (unpaired) electrons. The molecule has 0 aromatic carbocycles. The van der Waals surface area contributed by atoms with Crippen LogP contribution in [-0.4, -0.2) is 35.9 Å². The summed E-state index contributed by atoms with van der Waals surface area (Å²) in [5.41, 5.74) is 0. The highest BCUT2D eigenvalue weighted by molar-refractivity contribution is 9.09. The van der Waals surface area contributed by atoms with Crippen LogP contribution in [0.5, 0.6) is 0 Å². The highest BCUT2D eigenvalue weighted by Crippen LogP contribution is 2.33. The third-order valence-electron chi connectivity index (χ3n) is 3.27. The van der Waals surface area contributed by atoms with Crippen molar-refractivity contribution in [2.75, 3.05) is 12.3 Å². The van der Waals surface area contributed by atoms with Gasteiger partial charge in [0.25, 0.3) is 0 Å². The van der Waals surface area contributed by atoms with Crippen molar-refractivity contribution in [3.8, 4) is 0 Å². The van der Waals surface area contributed by atoms with E-state index in [1.54, 1.807) is 4.31 Å². The van der Waals surface area contributed by atoms with Gasteiger partial charge in [-0.05, 0) is 38.5 Å². The molecule has 1 heterocycles. The van der Waals surface area contributed by atoms with Crippen molar-refractivity contribution >= 4 is 26.0 Å². The summed E-state index contributed by atoms with van der Waals surface area (Å²) in [6.45, 7) is 2.67. The number of rotatable bonds is 3. The molecule has 2 atom stereocenters. The van der Waals surface area contributed by atoms with Crippen LogP contribution in [0, 0.1) is 5.92 Å². The van der Waals surface area contributed by atoms with Crippen molar-refractivity contribution in [3.05, 3.63) is 0 Å². The SMILES string of the molecule is CC1CCC(Br)CN1S(=O)(=O)CC1CC1. The van der Waals surface area contributed by atoms with Crippen LogP contribution < -0.4 is 0 Å². The van der Waals surface area contributed by atoms with Gasteiger partial charge in [0.05, 0.1) is 5.75 Å². The highest BCUT2D eigenvalue weighted by atomic mass is 79.9. The number of nitrogens with zero attached hydrogens (tertiary/aromatic N) is 1. The molecule has 1 saturated heterocycles. The predicted molar refractivity (Wildman–Crippen MR) is 64.6 cm³/mol. The van der Waals surface area contributed by atoms with E-state index >= 15 is 0 Å². The molecule has 1 saturated carbocycles. The van der Waals surface area contributed by atoms with E-state index in [4.69, 9.17) is 0 Å². The molecule has 1 aliphatic heterocycles. The summed E-state index contributed by atoms with van der Waals surface area (Å²) in [4.78, 5) is 0.336. The minimum atomic E-state index is -3.00. The molecule has 2 rings (SSSR count). The van der Waals surface area contributed by atoms with Crippen molar-refractivity contribution in [3.63, 3.8) is 0 Å². The summed E-state index contributed by atoms with van der Waals surface area (Å²) in [5.74, 6) is 0.815. The van der Waals surface area contributed by atoms with Crippen LogP contribution in [0.3, 0.4) is 0 Å². The summed E-state index contributed by atoms with van der Waals surface area (Å²) >= 11 is 3.52. The van der Waals surface area contributed by atoms with Gasteiger partial charge in [-0.3, -0.25) is 0 Å². The number of piperidine rings is 1. The molecule has 2 aliphatic rings. The number of halogens is 1. The third-order valence-corrected chi connectivity index (χ3v) is 6.13. The first-order chi connectivity index (χ1) is 6.99. The molecule has 5 heteroatoms. The van der Waals surface area contributed by atoms with E-state index in [1.807, 2.05) is 6.92 Å². The smallest absolute Gasteiger partial charge is 0.212 e. The third kappa shape index (κ3) is 2.94. The minimum absolute atomic E-state index is 0.183. The summed E-state index contributed by atoms with van der Waals surface area (Å²) < 4.78 is 25.9. The molecular formula is C10H18BrNO2S. The highest BCUT2D eigenvalue weighted by Gasteiger charge is 2.36. The first-order valence-corrected chi connectivity index (χ1v) is 8.15. The van der Waals surface area contributed by atoms with Crippen molar-refractivity contribution in [2.45, 2.75) is 43.5 Å². The van der Waals surface area contributed by atoms with Gasteiger partial charge in [0.1, 0.15) is 0 Å². The zero-order valence-electron chi connectivity index (χ0n) is 9.02. The van der Waals surface area contributed by atoms with Gasteiger partial charge in [-0.25, -0.2) is 8.42 Å². The molecule has 0 bridgehead atoms. The number of alkyl halides is 1. The Morgan fingerprint density at radius 2 is 1.93 bits per heavy atom. The fourth-order valence-corrected chi connectivity index (χ4v) is 5.05. The molecule has 3 nitrogen and oxygen atoms in total. The molecule has 0 spiro atoms. The minimum Gasteiger partial charge on any atom is -0.212 e. The Hall–Kier alpha value is 0.390. The number of hydrogen-bond acceptors (Lipinski definition) is 2.